The van der Waals surface area contributed by atoms with Crippen molar-refractivity contribution in [1.29, 1.82) is 0 Å². The number of nitrogens with zero attached hydrogens (tertiary/aromatic N) is 1. The Morgan fingerprint density at radius 3 is 2.67 bits per heavy atom. The summed E-state index contributed by atoms with van der Waals surface area (Å²) >= 11 is 0. The topological polar surface area (TPSA) is 60.0 Å². The van der Waals surface area contributed by atoms with Gasteiger partial charge < -0.3 is 24.4 Å². The normalized spacial score (nSPS) is 15.3. The molecule has 2 aromatic rings. The summed E-state index contributed by atoms with van der Waals surface area (Å²) in [6.45, 7) is 2.85. The van der Waals surface area contributed by atoms with Gasteiger partial charge in [0.15, 0.2) is 11.5 Å². The molecule has 0 aliphatic carbocycles. The number of amides is 1. The van der Waals surface area contributed by atoms with E-state index in [9.17, 15) is 4.79 Å². The van der Waals surface area contributed by atoms with Crippen molar-refractivity contribution in [2.45, 2.75) is 32.1 Å². The van der Waals surface area contributed by atoms with Gasteiger partial charge in [-0.05, 0) is 36.1 Å². The van der Waals surface area contributed by atoms with Crippen LogP contribution in [0.5, 0.6) is 11.5 Å². The number of carbonyl (C=O) groups excluding carboxylic acids is 1. The summed E-state index contributed by atoms with van der Waals surface area (Å²) in [6.07, 6.45) is 2.41. The van der Waals surface area contributed by atoms with E-state index in [1.54, 1.807) is 12.0 Å². The van der Waals surface area contributed by atoms with Crippen molar-refractivity contribution in [3.63, 3.8) is 0 Å². The van der Waals surface area contributed by atoms with Gasteiger partial charge in [-0.2, -0.15) is 0 Å². The van der Waals surface area contributed by atoms with Crippen LogP contribution in [-0.2, 0) is 22.7 Å². The molecule has 1 aliphatic heterocycles. The maximum atomic E-state index is 12.4. The average molecular weight is 435 g/mol. The summed E-state index contributed by atoms with van der Waals surface area (Å²) in [5.74, 6) is 1.40. The first-order chi connectivity index (χ1) is 14.2. The first-order valence-corrected chi connectivity index (χ1v) is 10.1. The zero-order chi connectivity index (χ0) is 20.5. The Kier molecular flexibility index (Phi) is 9.94. The van der Waals surface area contributed by atoms with Gasteiger partial charge in [0, 0.05) is 26.7 Å². The minimum absolute atomic E-state index is 0. The Bertz CT molecular complexity index is 782. The number of rotatable bonds is 10. The monoisotopic (exact) mass is 434 g/mol. The molecule has 1 N–H and O–H groups in total. The summed E-state index contributed by atoms with van der Waals surface area (Å²) in [5.41, 5.74) is 2.09. The lowest BCUT2D eigenvalue weighted by atomic mass is 10.2. The van der Waals surface area contributed by atoms with Gasteiger partial charge >= 0.3 is 0 Å². The lowest BCUT2D eigenvalue weighted by molar-refractivity contribution is -0.129. The smallest absolute Gasteiger partial charge is 0.236 e. The third-order valence-electron chi connectivity index (χ3n) is 4.98. The van der Waals surface area contributed by atoms with Gasteiger partial charge in [-0.15, -0.1) is 12.4 Å². The predicted molar refractivity (Wildman–Crippen MR) is 119 cm³/mol. The maximum absolute atomic E-state index is 12.4. The van der Waals surface area contributed by atoms with E-state index in [0.29, 0.717) is 31.2 Å². The van der Waals surface area contributed by atoms with Crippen LogP contribution in [0, 0.1) is 0 Å². The van der Waals surface area contributed by atoms with Crippen LogP contribution < -0.4 is 14.8 Å². The number of carbonyl (C=O) groups is 1. The summed E-state index contributed by atoms with van der Waals surface area (Å²) in [5, 5.41) is 3.20. The van der Waals surface area contributed by atoms with E-state index in [2.05, 4.69) is 5.32 Å². The van der Waals surface area contributed by atoms with Crippen LogP contribution in [0.4, 0.5) is 0 Å². The van der Waals surface area contributed by atoms with Crippen LogP contribution in [0.15, 0.2) is 48.5 Å². The second kappa shape index (κ2) is 12.4. The van der Waals surface area contributed by atoms with Gasteiger partial charge in [-0.3, -0.25) is 4.79 Å². The van der Waals surface area contributed by atoms with E-state index < -0.39 is 0 Å². The number of ether oxygens (including phenoxy) is 3. The second-order valence-electron chi connectivity index (χ2n) is 7.28. The second-order valence-corrected chi connectivity index (χ2v) is 7.28. The molecule has 2 aromatic carbocycles. The molecule has 1 fully saturated rings. The quantitative estimate of drug-likeness (QED) is 0.620. The van der Waals surface area contributed by atoms with Gasteiger partial charge in [-0.1, -0.05) is 36.4 Å². The zero-order valence-electron chi connectivity index (χ0n) is 17.6. The number of likely N-dealkylation sites (N-methyl/N-ethyl adjacent to an activating group) is 1. The molecular weight excluding hydrogens is 404 g/mol. The summed E-state index contributed by atoms with van der Waals surface area (Å²) in [7, 11) is 3.43. The first-order valence-electron chi connectivity index (χ1n) is 10.1. The molecule has 6 nitrogen and oxygen atoms in total. The summed E-state index contributed by atoms with van der Waals surface area (Å²) in [6, 6.07) is 15.8. The molecule has 3 rings (SSSR count). The van der Waals surface area contributed by atoms with Crippen LogP contribution >= 0.6 is 12.4 Å². The highest BCUT2D eigenvalue weighted by atomic mass is 35.5. The fraction of sp³-hybridized carbons (Fsp3) is 0.435. The minimum atomic E-state index is 0. The highest BCUT2D eigenvalue weighted by molar-refractivity contribution is 5.85. The van der Waals surface area contributed by atoms with Gasteiger partial charge in [0.05, 0.1) is 19.8 Å². The fourth-order valence-corrected chi connectivity index (χ4v) is 3.31. The molecule has 1 unspecified atom stereocenters. The van der Waals surface area contributed by atoms with Crippen molar-refractivity contribution in [1.82, 2.24) is 10.2 Å². The highest BCUT2D eigenvalue weighted by Gasteiger charge is 2.16. The molecule has 0 radical (unpaired) electrons. The molecule has 1 amide bonds. The van der Waals surface area contributed by atoms with E-state index >= 15 is 0 Å². The van der Waals surface area contributed by atoms with Crippen molar-refractivity contribution in [3.8, 4) is 11.5 Å². The van der Waals surface area contributed by atoms with E-state index in [0.717, 1.165) is 37.1 Å². The molecule has 1 heterocycles. The Labute approximate surface area is 184 Å². The van der Waals surface area contributed by atoms with E-state index in [1.807, 2.05) is 55.6 Å². The predicted octanol–water partition coefficient (Wildman–Crippen LogP) is 3.42. The van der Waals surface area contributed by atoms with E-state index in [4.69, 9.17) is 14.2 Å². The van der Waals surface area contributed by atoms with Crippen LogP contribution in [-0.4, -0.2) is 50.8 Å². The van der Waals surface area contributed by atoms with Gasteiger partial charge in [-0.25, -0.2) is 0 Å². The minimum Gasteiger partial charge on any atom is -0.493 e. The molecule has 30 heavy (non-hydrogen) atoms. The maximum Gasteiger partial charge on any atom is 0.236 e. The first kappa shape index (κ1) is 24.0. The lowest BCUT2D eigenvalue weighted by Crippen LogP contribution is -2.38. The van der Waals surface area contributed by atoms with Crippen molar-refractivity contribution in [3.05, 3.63) is 59.7 Å². The molecule has 0 bridgehead atoms. The fourth-order valence-electron chi connectivity index (χ4n) is 3.31. The average Bonchev–Trinajstić information content (AvgIpc) is 3.26. The molecule has 0 spiro atoms. The van der Waals surface area contributed by atoms with Gasteiger partial charge in [0.2, 0.25) is 5.91 Å². The SMILES string of the molecule is COc1cc(CN(C)C(=O)CNCC2CCCO2)ccc1OCc1ccccc1.Cl. The molecule has 1 aliphatic rings. The Balaban J connectivity index is 0.00000320. The third-order valence-corrected chi connectivity index (χ3v) is 4.98. The summed E-state index contributed by atoms with van der Waals surface area (Å²) < 4.78 is 16.9. The van der Waals surface area contributed by atoms with Crippen LogP contribution in [0.2, 0.25) is 0 Å². The van der Waals surface area contributed by atoms with Crippen LogP contribution in [0.1, 0.15) is 24.0 Å². The van der Waals surface area contributed by atoms with Crippen LogP contribution in [0.25, 0.3) is 0 Å². The number of nitrogens with one attached hydrogen (secondary N) is 1. The zero-order valence-corrected chi connectivity index (χ0v) is 18.5. The lowest BCUT2D eigenvalue weighted by Gasteiger charge is -2.19. The van der Waals surface area contributed by atoms with Crippen molar-refractivity contribution >= 4 is 18.3 Å². The molecule has 1 saturated heterocycles. The van der Waals surface area contributed by atoms with E-state index in [-0.39, 0.29) is 24.4 Å². The highest BCUT2D eigenvalue weighted by Crippen LogP contribution is 2.29. The van der Waals surface area contributed by atoms with Gasteiger partial charge in [0.25, 0.3) is 0 Å². The standard InChI is InChI=1S/C23H30N2O4.ClH/c1-25(23(26)15-24-14-20-9-6-12-28-20)16-19-10-11-21(22(13-19)27-2)29-17-18-7-4-3-5-8-18;/h3-5,7-8,10-11,13,20,24H,6,9,12,14-17H2,1-2H3;1H. The van der Waals surface area contributed by atoms with Crippen molar-refractivity contribution in [2.24, 2.45) is 0 Å². The number of halogens is 1. The summed E-state index contributed by atoms with van der Waals surface area (Å²) in [4.78, 5) is 14.1. The molecule has 7 heteroatoms. The Hall–Kier alpha value is -2.28. The molecule has 0 aromatic heterocycles. The Morgan fingerprint density at radius 2 is 1.97 bits per heavy atom. The molecule has 1 atom stereocenters. The largest absolute Gasteiger partial charge is 0.493 e. The number of methoxy groups -OCH3 is 1. The number of benzene rings is 2. The number of hydrogen-bond acceptors (Lipinski definition) is 5. The van der Waals surface area contributed by atoms with Crippen molar-refractivity contribution in [2.75, 3.05) is 33.9 Å². The Morgan fingerprint density at radius 1 is 1.17 bits per heavy atom. The molecule has 0 saturated carbocycles. The third kappa shape index (κ3) is 7.20. The van der Waals surface area contributed by atoms with Gasteiger partial charge in [0.1, 0.15) is 6.61 Å². The van der Waals surface area contributed by atoms with Crippen molar-refractivity contribution < 1.29 is 19.0 Å². The molecule has 164 valence electrons. The van der Waals surface area contributed by atoms with Crippen LogP contribution in [0.3, 0.4) is 0 Å². The number of hydrogen-bond donors (Lipinski definition) is 1. The molecular formula is C23H31ClN2O4. The van der Waals surface area contributed by atoms with E-state index in [1.165, 1.54) is 0 Å².